The monoisotopic (exact) mass is 377 g/mol. The number of hydrogen-bond donors (Lipinski definition) is 1. The third-order valence-electron chi connectivity index (χ3n) is 3.38. The van der Waals surface area contributed by atoms with Gasteiger partial charge < -0.3 is 10.0 Å². The summed E-state index contributed by atoms with van der Waals surface area (Å²) < 4.78 is 13.5. The Hall–Kier alpha value is -1.18. The first-order valence-corrected chi connectivity index (χ1v) is 6.95. The minimum atomic E-state index is -0.878. The molecule has 1 saturated heterocycles. The van der Waals surface area contributed by atoms with Crippen LogP contribution in [-0.4, -0.2) is 35.0 Å². The fourth-order valence-electron chi connectivity index (χ4n) is 2.29. The number of carbonyl (C=O) groups excluding carboxylic acids is 1. The normalized spacial score (nSPS) is 22.6. The van der Waals surface area contributed by atoms with Crippen molar-refractivity contribution in [2.24, 2.45) is 11.8 Å². The Morgan fingerprint density at radius 2 is 2.11 bits per heavy atom. The Labute approximate surface area is 123 Å². The fraction of sp³-hybridized carbons (Fsp3) is 0.385. The number of amides is 1. The van der Waals surface area contributed by atoms with Gasteiger partial charge in [-0.3, -0.25) is 9.59 Å². The molecule has 2 rings (SSSR count). The van der Waals surface area contributed by atoms with Crippen LogP contribution >= 0.6 is 22.6 Å². The highest BCUT2D eigenvalue weighted by Gasteiger charge is 2.37. The molecule has 1 aromatic rings. The number of carbonyl (C=O) groups is 2. The van der Waals surface area contributed by atoms with Crippen LogP contribution in [0, 0.1) is 21.2 Å². The van der Waals surface area contributed by atoms with E-state index in [1.807, 2.05) is 29.5 Å². The van der Waals surface area contributed by atoms with Gasteiger partial charge in [0.15, 0.2) is 0 Å². The molecular formula is C13H13FINO3. The van der Waals surface area contributed by atoms with Crippen LogP contribution in [0.3, 0.4) is 0 Å². The summed E-state index contributed by atoms with van der Waals surface area (Å²) in [5, 5.41) is 9.06. The van der Waals surface area contributed by atoms with Crippen LogP contribution in [0.4, 0.5) is 4.39 Å². The van der Waals surface area contributed by atoms with Crippen molar-refractivity contribution in [3.05, 3.63) is 33.1 Å². The molecule has 4 nitrogen and oxygen atoms in total. The molecule has 1 aliphatic rings. The molecule has 0 aliphatic carbocycles. The number of nitrogens with zero attached hydrogens (tertiary/aromatic N) is 1. The predicted molar refractivity (Wildman–Crippen MR) is 75.3 cm³/mol. The zero-order valence-electron chi connectivity index (χ0n) is 10.3. The zero-order valence-corrected chi connectivity index (χ0v) is 12.4. The van der Waals surface area contributed by atoms with Gasteiger partial charge in [0.1, 0.15) is 5.82 Å². The van der Waals surface area contributed by atoms with Crippen molar-refractivity contribution in [2.45, 2.75) is 6.92 Å². The summed E-state index contributed by atoms with van der Waals surface area (Å²) in [4.78, 5) is 24.9. The molecule has 1 aromatic carbocycles. The smallest absolute Gasteiger partial charge is 0.308 e. The Morgan fingerprint density at radius 3 is 2.63 bits per heavy atom. The molecule has 0 bridgehead atoms. The number of likely N-dealkylation sites (tertiary alicyclic amines) is 1. The molecule has 0 radical (unpaired) electrons. The van der Waals surface area contributed by atoms with E-state index >= 15 is 0 Å². The van der Waals surface area contributed by atoms with E-state index in [9.17, 15) is 14.0 Å². The largest absolute Gasteiger partial charge is 0.481 e. The molecule has 1 aliphatic heterocycles. The SMILES string of the molecule is CC1CN(C(=O)c2ccc(F)cc2I)CC1C(=O)O. The second-order valence-electron chi connectivity index (χ2n) is 4.76. The van der Waals surface area contributed by atoms with Crippen molar-refractivity contribution >= 4 is 34.5 Å². The van der Waals surface area contributed by atoms with Gasteiger partial charge in [0, 0.05) is 16.7 Å². The molecule has 19 heavy (non-hydrogen) atoms. The first-order chi connectivity index (χ1) is 8.90. The van der Waals surface area contributed by atoms with Crippen LogP contribution in [-0.2, 0) is 4.79 Å². The maximum atomic E-state index is 13.0. The average Bonchev–Trinajstić information content (AvgIpc) is 2.70. The number of aliphatic carboxylic acids is 1. The Kier molecular flexibility index (Phi) is 4.07. The summed E-state index contributed by atoms with van der Waals surface area (Å²) in [6.07, 6.45) is 0. The maximum Gasteiger partial charge on any atom is 0.308 e. The number of carboxylic acid groups (broad SMARTS) is 1. The Balaban J connectivity index is 2.19. The summed E-state index contributed by atoms with van der Waals surface area (Å²) in [5.74, 6) is -2.10. The van der Waals surface area contributed by atoms with Gasteiger partial charge in [0.05, 0.1) is 11.5 Å². The highest BCUT2D eigenvalue weighted by Crippen LogP contribution is 2.26. The van der Waals surface area contributed by atoms with E-state index in [0.29, 0.717) is 15.7 Å². The van der Waals surface area contributed by atoms with Crippen molar-refractivity contribution in [3.63, 3.8) is 0 Å². The summed E-state index contributed by atoms with van der Waals surface area (Å²) >= 11 is 1.91. The summed E-state index contributed by atoms with van der Waals surface area (Å²) in [7, 11) is 0. The van der Waals surface area contributed by atoms with E-state index in [2.05, 4.69) is 0 Å². The van der Waals surface area contributed by atoms with Crippen LogP contribution in [0.25, 0.3) is 0 Å². The minimum Gasteiger partial charge on any atom is -0.481 e. The number of benzene rings is 1. The number of rotatable bonds is 2. The fourth-order valence-corrected chi connectivity index (χ4v) is 3.00. The predicted octanol–water partition coefficient (Wildman–Crippen LogP) is 2.22. The first kappa shape index (κ1) is 14.2. The van der Waals surface area contributed by atoms with Crippen molar-refractivity contribution in [1.29, 1.82) is 0 Å². The van der Waals surface area contributed by atoms with Crippen LogP contribution in [0.5, 0.6) is 0 Å². The van der Waals surface area contributed by atoms with Crippen molar-refractivity contribution in [1.82, 2.24) is 4.90 Å². The highest BCUT2D eigenvalue weighted by molar-refractivity contribution is 14.1. The third-order valence-corrected chi connectivity index (χ3v) is 4.27. The van der Waals surface area contributed by atoms with Gasteiger partial charge in [0.2, 0.25) is 0 Å². The molecule has 1 fully saturated rings. The van der Waals surface area contributed by atoms with E-state index < -0.39 is 11.9 Å². The van der Waals surface area contributed by atoms with Gasteiger partial charge in [-0.1, -0.05) is 6.92 Å². The first-order valence-electron chi connectivity index (χ1n) is 5.87. The van der Waals surface area contributed by atoms with Crippen molar-refractivity contribution in [3.8, 4) is 0 Å². The molecule has 0 aromatic heterocycles. The van der Waals surface area contributed by atoms with Crippen LogP contribution in [0.1, 0.15) is 17.3 Å². The van der Waals surface area contributed by atoms with Crippen LogP contribution < -0.4 is 0 Å². The topological polar surface area (TPSA) is 57.6 Å². The number of carboxylic acids is 1. The molecule has 2 atom stereocenters. The number of halogens is 2. The van der Waals surface area contributed by atoms with Crippen molar-refractivity contribution < 1.29 is 19.1 Å². The third kappa shape index (κ3) is 2.88. The molecule has 0 saturated carbocycles. The molecule has 1 amide bonds. The molecule has 1 heterocycles. The number of hydrogen-bond acceptors (Lipinski definition) is 2. The van der Waals surface area contributed by atoms with Gasteiger partial charge in [-0.05, 0) is 46.7 Å². The quantitative estimate of drug-likeness (QED) is 0.805. The molecule has 2 unspecified atom stereocenters. The van der Waals surface area contributed by atoms with Gasteiger partial charge >= 0.3 is 5.97 Å². The Morgan fingerprint density at radius 1 is 1.42 bits per heavy atom. The standard InChI is InChI=1S/C13H13FINO3/c1-7-5-16(6-10(7)13(18)19)12(17)9-3-2-8(14)4-11(9)15/h2-4,7,10H,5-6H2,1H3,(H,18,19). The lowest BCUT2D eigenvalue weighted by Gasteiger charge is -2.16. The second-order valence-corrected chi connectivity index (χ2v) is 5.92. The lowest BCUT2D eigenvalue weighted by molar-refractivity contribution is -0.142. The van der Waals surface area contributed by atoms with E-state index in [4.69, 9.17) is 5.11 Å². The highest BCUT2D eigenvalue weighted by atomic mass is 127. The van der Waals surface area contributed by atoms with Gasteiger partial charge in [-0.2, -0.15) is 0 Å². The summed E-state index contributed by atoms with van der Waals surface area (Å²) in [5.41, 5.74) is 0.417. The van der Waals surface area contributed by atoms with Gasteiger partial charge in [-0.15, -0.1) is 0 Å². The van der Waals surface area contributed by atoms with E-state index in [-0.39, 0.29) is 24.2 Å². The van der Waals surface area contributed by atoms with Crippen molar-refractivity contribution in [2.75, 3.05) is 13.1 Å². The van der Waals surface area contributed by atoms with Crippen LogP contribution in [0.15, 0.2) is 18.2 Å². The summed E-state index contributed by atoms with van der Waals surface area (Å²) in [6.45, 7) is 2.45. The molecule has 1 N–H and O–H groups in total. The lowest BCUT2D eigenvalue weighted by Crippen LogP contribution is -2.30. The van der Waals surface area contributed by atoms with Gasteiger partial charge in [-0.25, -0.2) is 4.39 Å². The maximum absolute atomic E-state index is 13.0. The van der Waals surface area contributed by atoms with E-state index in [1.165, 1.54) is 23.1 Å². The average molecular weight is 377 g/mol. The minimum absolute atomic E-state index is 0.0699. The van der Waals surface area contributed by atoms with Crippen LogP contribution in [0.2, 0.25) is 0 Å². The van der Waals surface area contributed by atoms with E-state index in [0.717, 1.165) is 0 Å². The second kappa shape index (κ2) is 5.44. The molecule has 6 heteroatoms. The molecule has 0 spiro atoms. The molecule has 102 valence electrons. The van der Waals surface area contributed by atoms with E-state index in [1.54, 1.807) is 0 Å². The summed E-state index contributed by atoms with van der Waals surface area (Å²) in [6, 6.07) is 3.98. The lowest BCUT2D eigenvalue weighted by atomic mass is 9.99. The Bertz CT molecular complexity index is 535. The molecular weight excluding hydrogens is 364 g/mol. The zero-order chi connectivity index (χ0) is 14.2. The van der Waals surface area contributed by atoms with Gasteiger partial charge in [0.25, 0.3) is 5.91 Å².